The topological polar surface area (TPSA) is 397 Å². The van der Waals surface area contributed by atoms with Gasteiger partial charge < -0.3 is 159 Å². The molecule has 0 aromatic carbocycles. The number of rotatable bonds is 97. The van der Waals surface area contributed by atoms with Crippen molar-refractivity contribution in [1.29, 1.82) is 0 Å². The van der Waals surface area contributed by atoms with E-state index >= 15 is 0 Å². The molecule has 0 spiro atoms. The molecular weight excluding hydrogens is 1850 g/mol. The third-order valence-corrected chi connectivity index (χ3v) is 20.4. The Kier molecular flexibility index (Phi) is 103. The Labute approximate surface area is 834 Å². The van der Waals surface area contributed by atoms with E-state index in [1.807, 2.05) is 0 Å². The SMILES string of the molecule is CC#CC#CC#CC#CC#CC#CC#CC#CC#CC#CC#CC#CC(=O)N[C@@H](CO[C@H]1OC(CSSCCOCCOCCOCCOCCOCCOCCOCCOCCOCCOCCOCCOCCOCCOCCOCCOCCOCCOCCOCCOCCOCCOCCOCCOCCC(=O)OC)[C@H](O)[C@H](O)C1O)[C@H](O)[C@H](O)CCCCCCCCCCCCCC. The maximum absolute atomic E-state index is 13.1. The van der Waals surface area contributed by atoms with E-state index in [0.29, 0.717) is 329 Å². The molecule has 1 heterocycles. The Morgan fingerprint density at radius 3 is 0.820 bits per heavy atom. The minimum absolute atomic E-state index is 0.201. The minimum atomic E-state index is -1.69. The molecular formula is C102H153NO34S2. The number of esters is 1. The Morgan fingerprint density at radius 1 is 0.309 bits per heavy atom. The Bertz CT molecular complexity index is 3730. The number of ether oxygens (including phenoxy) is 27. The lowest BCUT2D eigenvalue weighted by Gasteiger charge is -2.40. The van der Waals surface area contributed by atoms with Crippen molar-refractivity contribution in [1.82, 2.24) is 5.32 Å². The van der Waals surface area contributed by atoms with Crippen LogP contribution in [0.5, 0.6) is 0 Å². The maximum Gasteiger partial charge on any atom is 0.307 e. The van der Waals surface area contributed by atoms with Gasteiger partial charge in [-0.2, -0.15) is 0 Å². The van der Waals surface area contributed by atoms with Crippen molar-refractivity contribution in [3.8, 4) is 142 Å². The molecule has 37 heteroatoms. The lowest BCUT2D eigenvalue weighted by atomic mass is 9.98. The largest absolute Gasteiger partial charge is 0.469 e. The molecule has 0 aromatic heterocycles. The third-order valence-electron chi connectivity index (χ3n) is 18.1. The second-order valence-electron chi connectivity index (χ2n) is 28.9. The van der Waals surface area contributed by atoms with Crippen molar-refractivity contribution in [2.75, 3.05) is 342 Å². The monoisotopic (exact) mass is 2000 g/mol. The van der Waals surface area contributed by atoms with E-state index < -0.39 is 61.5 Å². The van der Waals surface area contributed by atoms with Gasteiger partial charge in [0, 0.05) is 52.9 Å². The predicted octanol–water partition coefficient (Wildman–Crippen LogP) is 3.51. The van der Waals surface area contributed by atoms with Gasteiger partial charge in [-0.1, -0.05) is 111 Å². The zero-order chi connectivity index (χ0) is 99.9. The van der Waals surface area contributed by atoms with Crippen LogP contribution in [0.4, 0.5) is 0 Å². The first-order chi connectivity index (χ1) is 68.7. The van der Waals surface area contributed by atoms with Crippen molar-refractivity contribution in [2.45, 2.75) is 153 Å². The van der Waals surface area contributed by atoms with Gasteiger partial charge in [0.2, 0.25) is 0 Å². The van der Waals surface area contributed by atoms with Crippen molar-refractivity contribution in [3.05, 3.63) is 0 Å². The number of aliphatic hydroxyl groups excluding tert-OH is 5. The van der Waals surface area contributed by atoms with Gasteiger partial charge >= 0.3 is 5.97 Å². The van der Waals surface area contributed by atoms with Crippen LogP contribution in [-0.2, 0) is 137 Å². The number of aliphatic hydroxyl groups is 5. The molecule has 35 nitrogen and oxygen atoms in total. The van der Waals surface area contributed by atoms with Crippen molar-refractivity contribution in [2.24, 2.45) is 0 Å². The molecule has 1 saturated heterocycles. The van der Waals surface area contributed by atoms with E-state index in [4.69, 9.17) is 123 Å². The maximum atomic E-state index is 13.1. The first-order valence-corrected chi connectivity index (χ1v) is 50.2. The van der Waals surface area contributed by atoms with Gasteiger partial charge in [-0.05, 0) is 108 Å². The number of methoxy groups -OCH3 is 1. The molecule has 1 amide bonds. The van der Waals surface area contributed by atoms with Gasteiger partial charge in [0.25, 0.3) is 5.91 Å². The summed E-state index contributed by atoms with van der Waals surface area (Å²) in [4.78, 5) is 24.1. The predicted molar refractivity (Wildman–Crippen MR) is 522 cm³/mol. The molecule has 0 saturated carbocycles. The summed E-state index contributed by atoms with van der Waals surface area (Å²) in [6, 6.07) is -1.24. The fourth-order valence-electron chi connectivity index (χ4n) is 10.9. The van der Waals surface area contributed by atoms with Gasteiger partial charge in [0.05, 0.1) is 356 Å². The molecule has 1 aliphatic rings. The normalized spacial score (nSPS) is 14.4. The summed E-state index contributed by atoms with van der Waals surface area (Å²) in [6.45, 7) is 24.8. The molecule has 6 N–H and O–H groups in total. The summed E-state index contributed by atoms with van der Waals surface area (Å²) < 4.78 is 149. The molecule has 0 bridgehead atoms. The fraction of sp³-hybridized carbons (Fsp3) is 0.745. The first kappa shape index (κ1) is 130. The summed E-state index contributed by atoms with van der Waals surface area (Å²) in [5, 5.41) is 57.7. The van der Waals surface area contributed by atoms with Crippen LogP contribution in [0.3, 0.4) is 0 Å². The standard InChI is InChI=1S/C102H153NO34S2/c1-4-6-8-10-12-14-16-18-19-20-21-22-23-24-25-26-27-28-30-32-34-36-38-40-96(105)103-93(98(107)94(104)39-37-35-33-31-29-17-15-13-11-9-7-5-2)91-136-102-101(110)100(109)99(108)95(137-102)92-139-138-90-89-135-88-87-134-86-85-133-84-83-132-82-81-131-80-79-130-78-77-129-76-75-128-74-73-127-72-71-126-70-69-125-68-67-124-66-65-123-64-63-122-62-61-121-60-59-120-58-57-119-56-55-118-54-53-117-52-51-116-50-49-115-48-47-114-46-45-113-44-43-112-42-41-97(106)111-3/h93-95,98-102,104,107-110H,5,7,9,11,13,15,17,29,31,33,35,37,39,41-92H2,1-3H3,(H,103,105)/t93-,94+,95?,98-,99-,100-,101?,102-/m0/s1. The summed E-state index contributed by atoms with van der Waals surface area (Å²) in [7, 11) is 4.17. The number of unbranched alkanes of at least 4 members (excludes halogenated alkanes) is 11. The average molecular weight is 2000 g/mol. The van der Waals surface area contributed by atoms with Crippen LogP contribution in [0.25, 0.3) is 0 Å². The molecule has 1 aliphatic heterocycles. The lowest BCUT2D eigenvalue weighted by Crippen LogP contribution is -2.60. The number of nitrogens with one attached hydrogen (secondary N) is 1. The van der Waals surface area contributed by atoms with Gasteiger partial charge in [0.15, 0.2) is 6.29 Å². The molecule has 2 unspecified atom stereocenters. The van der Waals surface area contributed by atoms with Gasteiger partial charge in [-0.15, -0.1) is 0 Å². The van der Waals surface area contributed by atoms with Crippen LogP contribution in [0.2, 0.25) is 0 Å². The molecule has 0 aliphatic carbocycles. The molecule has 1 fully saturated rings. The molecule has 0 aromatic rings. The van der Waals surface area contributed by atoms with Crippen LogP contribution in [0.1, 0.15) is 104 Å². The average Bonchev–Trinajstić information content (AvgIpc) is 0.813. The molecule has 8 atom stereocenters. The zero-order valence-corrected chi connectivity index (χ0v) is 83.6. The highest BCUT2D eigenvalue weighted by Crippen LogP contribution is 2.30. The first-order valence-electron chi connectivity index (χ1n) is 47.7. The number of carbonyl (C=O) groups excluding carboxylic acids is 2. The van der Waals surface area contributed by atoms with Gasteiger partial charge in [0.1, 0.15) is 24.4 Å². The zero-order valence-electron chi connectivity index (χ0n) is 82.0. The Hall–Kier alpha value is -6.88. The number of carbonyl (C=O) groups is 2. The van der Waals surface area contributed by atoms with E-state index in [9.17, 15) is 35.1 Å². The molecule has 1 rings (SSSR count). The summed E-state index contributed by atoms with van der Waals surface area (Å²) in [5.74, 6) is 59.5. The van der Waals surface area contributed by atoms with E-state index in [-0.39, 0.29) is 24.6 Å². The number of hydrogen-bond donors (Lipinski definition) is 6. The van der Waals surface area contributed by atoms with E-state index in [0.717, 1.165) is 25.7 Å². The second-order valence-corrected chi connectivity index (χ2v) is 31.5. The smallest absolute Gasteiger partial charge is 0.307 e. The highest BCUT2D eigenvalue weighted by atomic mass is 33.1. The van der Waals surface area contributed by atoms with Gasteiger partial charge in [-0.25, -0.2) is 0 Å². The van der Waals surface area contributed by atoms with E-state index in [1.165, 1.54) is 73.6 Å². The second kappa shape index (κ2) is 110. The van der Waals surface area contributed by atoms with E-state index in [2.05, 4.69) is 159 Å². The van der Waals surface area contributed by atoms with Crippen LogP contribution < -0.4 is 5.32 Å². The fourth-order valence-corrected chi connectivity index (χ4v) is 13.0. The summed E-state index contributed by atoms with van der Waals surface area (Å²) >= 11 is 0. The lowest BCUT2D eigenvalue weighted by molar-refractivity contribution is -0.294. The number of amides is 1. The summed E-state index contributed by atoms with van der Waals surface area (Å²) in [5.41, 5.74) is 0. The Balaban J connectivity index is 1.99. The van der Waals surface area contributed by atoms with Crippen LogP contribution in [0, 0.1) is 142 Å². The Morgan fingerprint density at radius 2 is 0.554 bits per heavy atom. The van der Waals surface area contributed by atoms with Gasteiger partial charge in [-0.3, -0.25) is 9.59 Å². The van der Waals surface area contributed by atoms with Crippen LogP contribution in [0.15, 0.2) is 0 Å². The van der Waals surface area contributed by atoms with Crippen molar-refractivity contribution >= 4 is 33.5 Å². The van der Waals surface area contributed by atoms with Crippen molar-refractivity contribution in [3.63, 3.8) is 0 Å². The number of hydrogen-bond acceptors (Lipinski definition) is 36. The molecule has 0 radical (unpaired) electrons. The molecule has 782 valence electrons. The highest BCUT2D eigenvalue weighted by Gasteiger charge is 2.45. The van der Waals surface area contributed by atoms with Crippen molar-refractivity contribution < 1.29 is 163 Å². The summed E-state index contributed by atoms with van der Waals surface area (Å²) in [6.07, 6.45) is 4.00. The third kappa shape index (κ3) is 95.7. The minimum Gasteiger partial charge on any atom is -0.469 e. The quantitative estimate of drug-likeness (QED) is 0.0219. The molecule has 139 heavy (non-hydrogen) atoms. The van der Waals surface area contributed by atoms with Crippen LogP contribution in [-0.4, -0.2) is 429 Å². The van der Waals surface area contributed by atoms with E-state index in [1.54, 1.807) is 6.92 Å². The van der Waals surface area contributed by atoms with Crippen LogP contribution >= 0.6 is 21.6 Å². The highest BCUT2D eigenvalue weighted by molar-refractivity contribution is 8.76.